The lowest BCUT2D eigenvalue weighted by Crippen LogP contribution is -2.03. The molecule has 0 aliphatic carbocycles. The number of nitrogens with zero attached hydrogens (tertiary/aromatic N) is 1. The molecule has 1 aromatic carbocycles. The van der Waals surface area contributed by atoms with E-state index in [4.69, 9.17) is 5.90 Å². The summed E-state index contributed by atoms with van der Waals surface area (Å²) in [6, 6.07) is 10.3. The smallest absolute Gasteiger partial charge is 0.0719 e. The molecular weight excluding hydrogens is 188 g/mol. The average Bonchev–Trinajstić information content (AvgIpc) is 2.26. The van der Waals surface area contributed by atoms with E-state index in [1.54, 1.807) is 0 Å². The molecule has 3 nitrogen and oxygen atoms in total. The van der Waals surface area contributed by atoms with E-state index in [9.17, 15) is 0 Å². The van der Waals surface area contributed by atoms with Gasteiger partial charge in [0.05, 0.1) is 12.1 Å². The van der Waals surface area contributed by atoms with Gasteiger partial charge < -0.3 is 4.84 Å². The van der Waals surface area contributed by atoms with Crippen LogP contribution in [0.3, 0.4) is 0 Å². The van der Waals surface area contributed by atoms with Gasteiger partial charge in [-0.25, -0.2) is 5.90 Å². The Morgan fingerprint density at radius 2 is 2.13 bits per heavy atom. The lowest BCUT2D eigenvalue weighted by molar-refractivity contribution is 0.141. The van der Waals surface area contributed by atoms with Crippen molar-refractivity contribution in [3.8, 4) is 0 Å². The fraction of sp³-hybridized carbons (Fsp3) is 0.250. The summed E-state index contributed by atoms with van der Waals surface area (Å²) in [5.74, 6) is 5.00. The molecule has 0 fully saturated rings. The van der Waals surface area contributed by atoms with Crippen LogP contribution in [0.5, 0.6) is 0 Å². The van der Waals surface area contributed by atoms with Gasteiger partial charge in [0, 0.05) is 11.1 Å². The molecule has 0 radical (unpaired) electrons. The predicted octanol–water partition coefficient (Wildman–Crippen LogP) is 1.98. The third-order valence-electron chi connectivity index (χ3n) is 2.40. The van der Waals surface area contributed by atoms with Crippen molar-refractivity contribution in [2.24, 2.45) is 5.90 Å². The Balaban J connectivity index is 2.34. The molecule has 1 heterocycles. The largest absolute Gasteiger partial charge is 0.304 e. The highest BCUT2D eigenvalue weighted by Crippen LogP contribution is 2.15. The van der Waals surface area contributed by atoms with Gasteiger partial charge in [0.25, 0.3) is 0 Å². The monoisotopic (exact) mass is 202 g/mol. The molecule has 0 spiro atoms. The third-order valence-corrected chi connectivity index (χ3v) is 2.40. The van der Waals surface area contributed by atoms with Gasteiger partial charge in [-0.3, -0.25) is 4.98 Å². The Labute approximate surface area is 88.8 Å². The zero-order valence-electron chi connectivity index (χ0n) is 8.73. The summed E-state index contributed by atoms with van der Waals surface area (Å²) in [7, 11) is 0. The third kappa shape index (κ3) is 2.32. The van der Waals surface area contributed by atoms with E-state index in [0.29, 0.717) is 6.61 Å². The second kappa shape index (κ2) is 4.38. The number of pyridine rings is 1. The molecule has 0 amide bonds. The quantitative estimate of drug-likeness (QED) is 0.774. The number of hydrogen-bond acceptors (Lipinski definition) is 3. The van der Waals surface area contributed by atoms with Crippen LogP contribution < -0.4 is 5.90 Å². The van der Waals surface area contributed by atoms with Crippen LogP contribution in [0, 0.1) is 6.92 Å². The van der Waals surface area contributed by atoms with E-state index >= 15 is 0 Å². The highest BCUT2D eigenvalue weighted by atomic mass is 16.6. The Hall–Kier alpha value is -1.45. The molecule has 0 atom stereocenters. The van der Waals surface area contributed by atoms with Gasteiger partial charge in [-0.2, -0.15) is 0 Å². The highest BCUT2D eigenvalue weighted by Gasteiger charge is 1.98. The molecule has 2 rings (SSSR count). The minimum Gasteiger partial charge on any atom is -0.304 e. The molecule has 0 saturated carbocycles. The lowest BCUT2D eigenvalue weighted by atomic mass is 10.1. The van der Waals surface area contributed by atoms with E-state index in [0.717, 1.165) is 23.0 Å². The van der Waals surface area contributed by atoms with Gasteiger partial charge in [0.2, 0.25) is 0 Å². The second-order valence-corrected chi connectivity index (χ2v) is 3.60. The summed E-state index contributed by atoms with van der Waals surface area (Å²) >= 11 is 0. The molecule has 0 unspecified atom stereocenters. The number of hydrogen-bond donors (Lipinski definition) is 1. The van der Waals surface area contributed by atoms with Crippen LogP contribution in [0.2, 0.25) is 0 Å². The van der Waals surface area contributed by atoms with Gasteiger partial charge in [-0.1, -0.05) is 12.1 Å². The first-order valence-corrected chi connectivity index (χ1v) is 4.97. The first kappa shape index (κ1) is 10.1. The molecule has 0 bridgehead atoms. The van der Waals surface area contributed by atoms with Crippen molar-refractivity contribution in [2.45, 2.75) is 13.3 Å². The van der Waals surface area contributed by atoms with Crippen LogP contribution in [0.25, 0.3) is 10.9 Å². The minimum absolute atomic E-state index is 0.546. The predicted molar refractivity (Wildman–Crippen MR) is 60.3 cm³/mol. The topological polar surface area (TPSA) is 48.1 Å². The van der Waals surface area contributed by atoms with Crippen LogP contribution in [-0.4, -0.2) is 11.6 Å². The number of fused-ring (bicyclic) bond motifs is 1. The molecule has 2 aromatic rings. The van der Waals surface area contributed by atoms with Gasteiger partial charge in [-0.05, 0) is 37.1 Å². The van der Waals surface area contributed by atoms with Gasteiger partial charge in [0.1, 0.15) is 0 Å². The van der Waals surface area contributed by atoms with Crippen molar-refractivity contribution in [1.29, 1.82) is 0 Å². The summed E-state index contributed by atoms with van der Waals surface area (Å²) in [6.45, 7) is 2.54. The van der Waals surface area contributed by atoms with Crippen molar-refractivity contribution in [2.75, 3.05) is 6.61 Å². The molecule has 0 aliphatic rings. The Kier molecular flexibility index (Phi) is 2.94. The fourth-order valence-electron chi connectivity index (χ4n) is 1.61. The standard InChI is InChI=1S/C12H14N2O/c1-9-2-4-11-8-10(6-7-15-13)3-5-12(11)14-9/h2-5,8H,6-7,13H2,1H3. The van der Waals surface area contributed by atoms with Crippen LogP contribution in [0.1, 0.15) is 11.3 Å². The van der Waals surface area contributed by atoms with Gasteiger partial charge in [0.15, 0.2) is 0 Å². The van der Waals surface area contributed by atoms with Crippen molar-refractivity contribution >= 4 is 10.9 Å². The molecule has 15 heavy (non-hydrogen) atoms. The number of aromatic nitrogens is 1. The fourth-order valence-corrected chi connectivity index (χ4v) is 1.61. The normalized spacial score (nSPS) is 10.8. The summed E-state index contributed by atoms with van der Waals surface area (Å²) in [5.41, 5.74) is 3.30. The number of rotatable bonds is 3. The minimum atomic E-state index is 0.546. The maximum absolute atomic E-state index is 5.00. The highest BCUT2D eigenvalue weighted by molar-refractivity contribution is 5.79. The summed E-state index contributed by atoms with van der Waals surface area (Å²) in [4.78, 5) is 9.00. The van der Waals surface area contributed by atoms with Crippen molar-refractivity contribution in [1.82, 2.24) is 4.98 Å². The van der Waals surface area contributed by atoms with Crippen molar-refractivity contribution < 1.29 is 4.84 Å². The zero-order valence-corrected chi connectivity index (χ0v) is 8.73. The number of benzene rings is 1. The number of aryl methyl sites for hydroxylation is 1. The zero-order chi connectivity index (χ0) is 10.7. The van der Waals surface area contributed by atoms with Crippen molar-refractivity contribution in [3.05, 3.63) is 41.6 Å². The Morgan fingerprint density at radius 1 is 1.27 bits per heavy atom. The summed E-state index contributed by atoms with van der Waals surface area (Å²) in [5, 5.41) is 1.16. The summed E-state index contributed by atoms with van der Waals surface area (Å²) < 4.78 is 0. The van der Waals surface area contributed by atoms with Crippen LogP contribution >= 0.6 is 0 Å². The van der Waals surface area contributed by atoms with E-state index < -0.39 is 0 Å². The second-order valence-electron chi connectivity index (χ2n) is 3.60. The molecule has 0 saturated heterocycles. The van der Waals surface area contributed by atoms with E-state index in [2.05, 4.69) is 28.0 Å². The van der Waals surface area contributed by atoms with Gasteiger partial charge in [-0.15, -0.1) is 0 Å². The first-order valence-electron chi connectivity index (χ1n) is 4.97. The first-order chi connectivity index (χ1) is 7.29. The lowest BCUT2D eigenvalue weighted by Gasteiger charge is -2.03. The van der Waals surface area contributed by atoms with Crippen LogP contribution in [0.4, 0.5) is 0 Å². The van der Waals surface area contributed by atoms with Crippen molar-refractivity contribution in [3.63, 3.8) is 0 Å². The molecular formula is C12H14N2O. The van der Waals surface area contributed by atoms with Crippen LogP contribution in [-0.2, 0) is 11.3 Å². The Morgan fingerprint density at radius 3 is 2.93 bits per heavy atom. The summed E-state index contributed by atoms with van der Waals surface area (Å²) in [6.07, 6.45) is 0.834. The molecule has 0 aliphatic heterocycles. The average molecular weight is 202 g/mol. The molecule has 2 N–H and O–H groups in total. The number of nitrogens with two attached hydrogens (primary N) is 1. The molecule has 1 aromatic heterocycles. The maximum atomic E-state index is 5.00. The van der Waals surface area contributed by atoms with Crippen LogP contribution in [0.15, 0.2) is 30.3 Å². The maximum Gasteiger partial charge on any atom is 0.0719 e. The van der Waals surface area contributed by atoms with E-state index in [1.807, 2.05) is 19.1 Å². The molecule has 78 valence electrons. The van der Waals surface area contributed by atoms with E-state index in [1.165, 1.54) is 5.56 Å². The molecule has 3 heteroatoms. The van der Waals surface area contributed by atoms with Gasteiger partial charge >= 0.3 is 0 Å². The Bertz CT molecular complexity index is 468. The van der Waals surface area contributed by atoms with E-state index in [-0.39, 0.29) is 0 Å². The SMILES string of the molecule is Cc1ccc2cc(CCON)ccc2n1.